The van der Waals surface area contributed by atoms with E-state index in [2.05, 4.69) is 15.3 Å². The van der Waals surface area contributed by atoms with Gasteiger partial charge in [-0.1, -0.05) is 12.1 Å². The number of carbonyl (C=O) groups excluding carboxylic acids is 1. The van der Waals surface area contributed by atoms with Gasteiger partial charge in [-0.2, -0.15) is 0 Å². The highest BCUT2D eigenvalue weighted by atomic mass is 32.2. The molecule has 0 aliphatic rings. The summed E-state index contributed by atoms with van der Waals surface area (Å²) in [5.41, 5.74) is 2.20. The summed E-state index contributed by atoms with van der Waals surface area (Å²) in [6, 6.07) is 5.34. The van der Waals surface area contributed by atoms with Crippen LogP contribution in [0, 0.1) is 13.8 Å². The maximum absolute atomic E-state index is 12.4. The minimum absolute atomic E-state index is 0.00276. The van der Waals surface area contributed by atoms with E-state index < -0.39 is 22.0 Å². The molecular formula is C18H17F2N3O3S3. The Balaban J connectivity index is 1.63. The molecule has 29 heavy (non-hydrogen) atoms. The number of anilines is 1. The Hall–Kier alpha value is -2.24. The summed E-state index contributed by atoms with van der Waals surface area (Å²) >= 11 is 2.83. The molecule has 0 aliphatic carbocycles. The van der Waals surface area contributed by atoms with Crippen molar-refractivity contribution in [2.45, 2.75) is 31.6 Å². The molecule has 0 atom stereocenters. The lowest BCUT2D eigenvalue weighted by atomic mass is 10.1. The van der Waals surface area contributed by atoms with Crippen molar-refractivity contribution in [1.82, 2.24) is 9.97 Å². The Morgan fingerprint density at radius 1 is 1.17 bits per heavy atom. The summed E-state index contributed by atoms with van der Waals surface area (Å²) in [7, 11) is -4.04. The van der Waals surface area contributed by atoms with Crippen LogP contribution in [0.25, 0.3) is 10.6 Å². The number of rotatable bonds is 7. The van der Waals surface area contributed by atoms with E-state index in [4.69, 9.17) is 0 Å². The minimum atomic E-state index is -4.04. The van der Waals surface area contributed by atoms with Crippen molar-refractivity contribution in [1.29, 1.82) is 0 Å². The number of hydrogen-bond donors (Lipinski definition) is 1. The van der Waals surface area contributed by atoms with Crippen LogP contribution in [0.5, 0.6) is 0 Å². The second-order valence-electron chi connectivity index (χ2n) is 6.23. The highest BCUT2D eigenvalue weighted by molar-refractivity contribution is 7.91. The highest BCUT2D eigenvalue weighted by Crippen LogP contribution is 2.32. The average Bonchev–Trinajstić information content (AvgIpc) is 3.19. The van der Waals surface area contributed by atoms with E-state index in [1.807, 2.05) is 19.2 Å². The molecule has 2 heterocycles. The van der Waals surface area contributed by atoms with Crippen molar-refractivity contribution in [3.05, 3.63) is 45.9 Å². The second kappa shape index (κ2) is 8.64. The van der Waals surface area contributed by atoms with Crippen LogP contribution in [0.4, 0.5) is 13.9 Å². The van der Waals surface area contributed by atoms with Crippen LogP contribution in [-0.4, -0.2) is 36.5 Å². The van der Waals surface area contributed by atoms with Crippen molar-refractivity contribution in [2.24, 2.45) is 0 Å². The van der Waals surface area contributed by atoms with Gasteiger partial charge in [-0.3, -0.25) is 4.79 Å². The van der Waals surface area contributed by atoms with Gasteiger partial charge < -0.3 is 5.32 Å². The first kappa shape index (κ1) is 21.5. The van der Waals surface area contributed by atoms with Gasteiger partial charge in [-0.05, 0) is 31.5 Å². The number of amides is 1. The first-order chi connectivity index (χ1) is 13.6. The second-order valence-corrected chi connectivity index (χ2v) is 10.3. The topological polar surface area (TPSA) is 89.0 Å². The first-order valence-electron chi connectivity index (χ1n) is 8.43. The molecule has 3 aromatic rings. The maximum Gasteiger partial charge on any atom is 0.252 e. The highest BCUT2D eigenvalue weighted by Gasteiger charge is 2.20. The zero-order valence-corrected chi connectivity index (χ0v) is 17.9. The van der Waals surface area contributed by atoms with E-state index >= 15 is 0 Å². The monoisotopic (exact) mass is 457 g/mol. The molecule has 1 amide bonds. The van der Waals surface area contributed by atoms with Crippen LogP contribution >= 0.6 is 22.7 Å². The van der Waals surface area contributed by atoms with Crippen LogP contribution in [0.15, 0.2) is 34.5 Å². The smallest absolute Gasteiger partial charge is 0.252 e. The van der Waals surface area contributed by atoms with Crippen molar-refractivity contribution in [2.75, 3.05) is 11.1 Å². The summed E-state index contributed by atoms with van der Waals surface area (Å²) in [5, 5.41) is 5.95. The number of hydrogen-bond acceptors (Lipinski definition) is 7. The van der Waals surface area contributed by atoms with Gasteiger partial charge in [-0.25, -0.2) is 27.2 Å². The van der Waals surface area contributed by atoms with E-state index in [-0.39, 0.29) is 17.2 Å². The summed E-state index contributed by atoms with van der Waals surface area (Å²) < 4.78 is 48.3. The maximum atomic E-state index is 12.4. The molecule has 3 rings (SSSR count). The third-order valence-corrected chi connectivity index (χ3v) is 7.41. The molecule has 0 fully saturated rings. The average molecular weight is 458 g/mol. The number of benzene rings is 1. The van der Waals surface area contributed by atoms with Gasteiger partial charge in [0.25, 0.3) is 6.43 Å². The molecule has 1 N–H and O–H groups in total. The molecule has 11 heteroatoms. The fourth-order valence-corrected chi connectivity index (χ4v) is 5.38. The third kappa shape index (κ3) is 5.43. The SMILES string of the molecule is Cc1nc(C)c(-c2csc(NC(=O)Cc3ccc(S(=O)(=O)CC(F)F)cc3)n2)s1. The van der Waals surface area contributed by atoms with Crippen molar-refractivity contribution >= 4 is 43.5 Å². The first-order valence-corrected chi connectivity index (χ1v) is 11.8. The van der Waals surface area contributed by atoms with E-state index in [9.17, 15) is 22.0 Å². The van der Waals surface area contributed by atoms with Crippen molar-refractivity contribution in [3.8, 4) is 10.6 Å². The largest absolute Gasteiger partial charge is 0.302 e. The summed E-state index contributed by atoms with van der Waals surface area (Å²) in [4.78, 5) is 21.8. The standard InChI is InChI=1S/C18H17F2N3O3S3/c1-10-17(28-11(2)21-10)14-8-27-18(22-14)23-16(24)7-12-3-5-13(6-4-12)29(25,26)9-15(19)20/h3-6,8,15H,7,9H2,1-2H3,(H,22,23,24). The number of nitrogens with zero attached hydrogens (tertiary/aromatic N) is 2. The molecule has 6 nitrogen and oxygen atoms in total. The summed E-state index contributed by atoms with van der Waals surface area (Å²) in [5.74, 6) is -1.54. The molecule has 0 unspecified atom stereocenters. The normalized spacial score (nSPS) is 11.8. The fraction of sp³-hybridized carbons (Fsp3) is 0.278. The van der Waals surface area contributed by atoms with Gasteiger partial charge in [0.15, 0.2) is 15.0 Å². The Kier molecular flexibility index (Phi) is 6.39. The number of alkyl halides is 2. The van der Waals surface area contributed by atoms with Gasteiger partial charge in [0, 0.05) is 5.38 Å². The predicted octanol–water partition coefficient (Wildman–Crippen LogP) is 4.10. The van der Waals surface area contributed by atoms with Crippen LogP contribution in [-0.2, 0) is 21.1 Å². The minimum Gasteiger partial charge on any atom is -0.302 e. The van der Waals surface area contributed by atoms with Crippen molar-refractivity contribution in [3.63, 3.8) is 0 Å². The van der Waals surface area contributed by atoms with Crippen LogP contribution < -0.4 is 5.32 Å². The van der Waals surface area contributed by atoms with Crippen LogP contribution in [0.2, 0.25) is 0 Å². The molecule has 2 aromatic heterocycles. The van der Waals surface area contributed by atoms with E-state index in [0.29, 0.717) is 10.7 Å². The van der Waals surface area contributed by atoms with Crippen molar-refractivity contribution < 1.29 is 22.0 Å². The third-order valence-electron chi connectivity index (χ3n) is 3.88. The molecule has 0 spiro atoms. The summed E-state index contributed by atoms with van der Waals surface area (Å²) in [6.45, 7) is 3.82. The van der Waals surface area contributed by atoms with Crippen LogP contribution in [0.3, 0.4) is 0 Å². The molecule has 0 bridgehead atoms. The Labute approximate surface area is 174 Å². The quantitative estimate of drug-likeness (QED) is 0.577. The number of halogens is 2. The number of aryl methyl sites for hydroxylation is 2. The van der Waals surface area contributed by atoms with Crippen LogP contribution in [0.1, 0.15) is 16.3 Å². The predicted molar refractivity (Wildman–Crippen MR) is 110 cm³/mol. The molecule has 0 saturated carbocycles. The molecule has 0 saturated heterocycles. The number of aromatic nitrogens is 2. The van der Waals surface area contributed by atoms with Gasteiger partial charge in [0.1, 0.15) is 5.75 Å². The summed E-state index contributed by atoms with van der Waals surface area (Å²) in [6.07, 6.45) is -2.94. The van der Waals surface area contributed by atoms with Gasteiger partial charge >= 0.3 is 0 Å². The Bertz CT molecular complexity index is 1120. The number of thiazole rings is 2. The van der Waals surface area contributed by atoms with Gasteiger partial charge in [0.05, 0.1) is 32.6 Å². The molecule has 1 aromatic carbocycles. The molecule has 0 radical (unpaired) electrons. The van der Waals surface area contributed by atoms with E-state index in [0.717, 1.165) is 21.3 Å². The lowest BCUT2D eigenvalue weighted by molar-refractivity contribution is -0.115. The molecule has 0 aliphatic heterocycles. The number of sulfone groups is 1. The Morgan fingerprint density at radius 3 is 2.45 bits per heavy atom. The van der Waals surface area contributed by atoms with E-state index in [1.165, 1.54) is 46.9 Å². The van der Waals surface area contributed by atoms with Gasteiger partial charge in [-0.15, -0.1) is 22.7 Å². The molecule has 154 valence electrons. The fourth-order valence-electron chi connectivity index (χ4n) is 2.63. The molecular weight excluding hydrogens is 440 g/mol. The number of carbonyl (C=O) groups is 1. The lowest BCUT2D eigenvalue weighted by Crippen LogP contribution is -2.15. The number of nitrogens with one attached hydrogen (secondary N) is 1. The van der Waals surface area contributed by atoms with Gasteiger partial charge in [0.2, 0.25) is 5.91 Å². The Morgan fingerprint density at radius 2 is 1.86 bits per heavy atom. The zero-order valence-electron chi connectivity index (χ0n) is 15.5. The van der Waals surface area contributed by atoms with E-state index in [1.54, 1.807) is 0 Å². The lowest BCUT2D eigenvalue weighted by Gasteiger charge is -2.06. The zero-order chi connectivity index (χ0) is 21.2.